The van der Waals surface area contributed by atoms with Gasteiger partial charge >= 0.3 is 0 Å². The van der Waals surface area contributed by atoms with Gasteiger partial charge in [-0.1, -0.05) is 18.2 Å². The third-order valence-electron chi connectivity index (χ3n) is 2.06. The Morgan fingerprint density at radius 1 is 1.57 bits per heavy atom. The lowest BCUT2D eigenvalue weighted by Gasteiger charge is -2.06. The van der Waals surface area contributed by atoms with Crippen molar-refractivity contribution in [3.8, 4) is 0 Å². The fourth-order valence-electron chi connectivity index (χ4n) is 1.25. The molecule has 0 heterocycles. The van der Waals surface area contributed by atoms with Gasteiger partial charge in [-0.05, 0) is 25.1 Å². The molecule has 0 aliphatic heterocycles. The van der Waals surface area contributed by atoms with Crippen molar-refractivity contribution < 1.29 is 9.90 Å². The number of Topliss-reactive ketones (excluding diaryl/α,β-unsaturated/α-hetero) is 1. The molecule has 0 bridgehead atoms. The highest BCUT2D eigenvalue weighted by Gasteiger charge is 2.07. The first-order valence-corrected chi connectivity index (χ1v) is 4.66. The van der Waals surface area contributed by atoms with E-state index in [1.807, 2.05) is 0 Å². The van der Waals surface area contributed by atoms with Crippen molar-refractivity contribution in [1.29, 1.82) is 0 Å². The van der Waals surface area contributed by atoms with E-state index in [2.05, 4.69) is 0 Å². The van der Waals surface area contributed by atoms with Crippen LogP contribution in [0.2, 0.25) is 0 Å². The van der Waals surface area contributed by atoms with E-state index in [-0.39, 0.29) is 5.78 Å². The Morgan fingerprint density at radius 3 is 2.86 bits per heavy atom. The third kappa shape index (κ3) is 2.65. The number of ketones is 1. The fourth-order valence-corrected chi connectivity index (χ4v) is 1.25. The summed E-state index contributed by atoms with van der Waals surface area (Å²) in [6.45, 7) is 2.03. The molecule has 0 radical (unpaired) electrons. The Hall–Kier alpha value is -1.19. The average molecular weight is 193 g/mol. The summed E-state index contributed by atoms with van der Waals surface area (Å²) < 4.78 is 0. The number of benzene rings is 1. The van der Waals surface area contributed by atoms with Gasteiger partial charge in [0.25, 0.3) is 0 Å². The van der Waals surface area contributed by atoms with Gasteiger partial charge in [0.15, 0.2) is 5.78 Å². The lowest BCUT2D eigenvalue weighted by atomic mass is 10.0. The highest BCUT2D eigenvalue weighted by molar-refractivity contribution is 5.96. The van der Waals surface area contributed by atoms with Crippen LogP contribution in [0.3, 0.4) is 0 Å². The normalized spacial score (nSPS) is 12.5. The molecular weight excluding hydrogens is 178 g/mol. The molecule has 0 fully saturated rings. The van der Waals surface area contributed by atoms with Gasteiger partial charge in [0.1, 0.15) is 0 Å². The second-order valence-electron chi connectivity index (χ2n) is 3.26. The smallest absolute Gasteiger partial charge is 0.164 e. The second kappa shape index (κ2) is 4.88. The van der Waals surface area contributed by atoms with Gasteiger partial charge in [-0.2, -0.15) is 0 Å². The zero-order valence-electron chi connectivity index (χ0n) is 8.23. The molecule has 1 unspecified atom stereocenters. The topological polar surface area (TPSA) is 63.3 Å². The van der Waals surface area contributed by atoms with Gasteiger partial charge < -0.3 is 10.8 Å². The molecule has 1 aromatic rings. The molecule has 0 saturated carbocycles. The molecule has 3 nitrogen and oxygen atoms in total. The molecule has 0 saturated heterocycles. The second-order valence-corrected chi connectivity index (χ2v) is 3.26. The molecule has 0 amide bonds. The molecule has 0 aliphatic carbocycles. The van der Waals surface area contributed by atoms with Crippen LogP contribution in [0, 0.1) is 0 Å². The summed E-state index contributed by atoms with van der Waals surface area (Å²) in [6, 6.07) is 7.02. The maximum absolute atomic E-state index is 11.5. The van der Waals surface area contributed by atoms with Gasteiger partial charge in [-0.25, -0.2) is 0 Å². The predicted octanol–water partition coefficient (Wildman–Crippen LogP) is 1.27. The van der Waals surface area contributed by atoms with E-state index in [9.17, 15) is 9.90 Å². The zero-order chi connectivity index (χ0) is 10.6. The molecule has 1 aromatic carbocycles. The Balaban J connectivity index is 2.88. The highest BCUT2D eigenvalue weighted by atomic mass is 16.3. The van der Waals surface area contributed by atoms with E-state index in [0.29, 0.717) is 18.5 Å². The minimum atomic E-state index is -0.541. The van der Waals surface area contributed by atoms with E-state index in [1.165, 1.54) is 0 Å². The number of carbonyl (C=O) groups excluding carboxylic acids is 1. The largest absolute Gasteiger partial charge is 0.389 e. The van der Waals surface area contributed by atoms with E-state index >= 15 is 0 Å². The Kier molecular flexibility index (Phi) is 3.80. The Bertz CT molecular complexity index is 321. The average Bonchev–Trinajstić information content (AvgIpc) is 2.18. The van der Waals surface area contributed by atoms with E-state index in [1.54, 1.807) is 31.2 Å². The summed E-state index contributed by atoms with van der Waals surface area (Å²) in [5.41, 5.74) is 6.67. The van der Waals surface area contributed by atoms with Gasteiger partial charge in [-0.15, -0.1) is 0 Å². The van der Waals surface area contributed by atoms with Crippen LogP contribution in [0.4, 0.5) is 0 Å². The number of aliphatic hydroxyl groups is 1. The van der Waals surface area contributed by atoms with Gasteiger partial charge in [0.05, 0.1) is 6.10 Å². The first-order valence-electron chi connectivity index (χ1n) is 4.66. The molecule has 3 heteroatoms. The molecule has 0 spiro atoms. The SMILES string of the molecule is CC(O)c1cccc(C(=O)CCN)c1. The third-order valence-corrected chi connectivity index (χ3v) is 2.06. The summed E-state index contributed by atoms with van der Waals surface area (Å²) >= 11 is 0. The molecule has 3 N–H and O–H groups in total. The minimum Gasteiger partial charge on any atom is -0.389 e. The number of aliphatic hydroxyl groups excluding tert-OH is 1. The Morgan fingerprint density at radius 2 is 2.29 bits per heavy atom. The van der Waals surface area contributed by atoms with Crippen molar-refractivity contribution in [2.45, 2.75) is 19.4 Å². The lowest BCUT2D eigenvalue weighted by Crippen LogP contribution is -2.08. The first kappa shape index (κ1) is 10.9. The van der Waals surface area contributed by atoms with Gasteiger partial charge in [-0.3, -0.25) is 4.79 Å². The summed E-state index contributed by atoms with van der Waals surface area (Å²) in [4.78, 5) is 11.5. The molecule has 0 aliphatic rings. The summed E-state index contributed by atoms with van der Waals surface area (Å²) in [5, 5.41) is 9.32. The van der Waals surface area contributed by atoms with Crippen molar-refractivity contribution in [3.63, 3.8) is 0 Å². The van der Waals surface area contributed by atoms with Crippen LogP contribution >= 0.6 is 0 Å². The summed E-state index contributed by atoms with van der Waals surface area (Å²) in [5.74, 6) is 0.0231. The molecule has 0 aromatic heterocycles. The van der Waals surface area contributed by atoms with Crippen LogP contribution in [0.1, 0.15) is 35.4 Å². The lowest BCUT2D eigenvalue weighted by molar-refractivity contribution is 0.0985. The maximum Gasteiger partial charge on any atom is 0.164 e. The number of rotatable bonds is 4. The first-order chi connectivity index (χ1) is 6.65. The molecule has 76 valence electrons. The van der Waals surface area contributed by atoms with Crippen molar-refractivity contribution in [2.75, 3.05) is 6.54 Å². The van der Waals surface area contributed by atoms with Crippen LogP contribution in [0.15, 0.2) is 24.3 Å². The maximum atomic E-state index is 11.5. The number of hydrogen-bond donors (Lipinski definition) is 2. The van der Waals surface area contributed by atoms with E-state index in [0.717, 1.165) is 5.56 Å². The van der Waals surface area contributed by atoms with Crippen LogP contribution in [-0.4, -0.2) is 17.4 Å². The van der Waals surface area contributed by atoms with Crippen LogP contribution in [-0.2, 0) is 0 Å². The van der Waals surface area contributed by atoms with E-state index in [4.69, 9.17) is 5.73 Å². The standard InChI is InChI=1S/C11H15NO2/c1-8(13)9-3-2-4-10(7-9)11(14)5-6-12/h2-4,7-8,13H,5-6,12H2,1H3. The zero-order valence-corrected chi connectivity index (χ0v) is 8.23. The van der Waals surface area contributed by atoms with Crippen molar-refractivity contribution in [2.24, 2.45) is 5.73 Å². The molecule has 1 rings (SSSR count). The minimum absolute atomic E-state index is 0.0231. The van der Waals surface area contributed by atoms with Crippen molar-refractivity contribution >= 4 is 5.78 Å². The van der Waals surface area contributed by atoms with Crippen molar-refractivity contribution in [1.82, 2.24) is 0 Å². The van der Waals surface area contributed by atoms with E-state index < -0.39 is 6.10 Å². The van der Waals surface area contributed by atoms with Gasteiger partial charge in [0, 0.05) is 12.0 Å². The Labute approximate surface area is 83.6 Å². The number of hydrogen-bond acceptors (Lipinski definition) is 3. The quantitative estimate of drug-likeness (QED) is 0.708. The molecular formula is C11H15NO2. The molecule has 1 atom stereocenters. The van der Waals surface area contributed by atoms with Crippen molar-refractivity contribution in [3.05, 3.63) is 35.4 Å². The fraction of sp³-hybridized carbons (Fsp3) is 0.364. The summed E-state index contributed by atoms with van der Waals surface area (Å²) in [6.07, 6.45) is -0.191. The number of nitrogens with two attached hydrogens (primary N) is 1. The van der Waals surface area contributed by atoms with Crippen LogP contribution in [0.25, 0.3) is 0 Å². The number of carbonyl (C=O) groups is 1. The highest BCUT2D eigenvalue weighted by Crippen LogP contribution is 2.14. The monoisotopic (exact) mass is 193 g/mol. The van der Waals surface area contributed by atoms with Crippen LogP contribution in [0.5, 0.6) is 0 Å². The van der Waals surface area contributed by atoms with Crippen LogP contribution < -0.4 is 5.73 Å². The summed E-state index contributed by atoms with van der Waals surface area (Å²) in [7, 11) is 0. The van der Waals surface area contributed by atoms with Gasteiger partial charge in [0.2, 0.25) is 0 Å². The predicted molar refractivity (Wildman–Crippen MR) is 55.1 cm³/mol. The molecule has 14 heavy (non-hydrogen) atoms.